The van der Waals surface area contributed by atoms with E-state index < -0.39 is 11.2 Å². The van der Waals surface area contributed by atoms with E-state index in [2.05, 4.69) is 20.3 Å². The predicted molar refractivity (Wildman–Crippen MR) is 118 cm³/mol. The minimum absolute atomic E-state index is 0.0345. The summed E-state index contributed by atoms with van der Waals surface area (Å²) in [6.07, 6.45) is 2.64. The number of aromatic nitrogens is 4. The Morgan fingerprint density at radius 3 is 2.78 bits per heavy atom. The molecule has 1 aromatic carbocycles. The van der Waals surface area contributed by atoms with Crippen molar-refractivity contribution in [3.8, 4) is 5.75 Å². The highest BCUT2D eigenvalue weighted by atomic mass is 16.5. The molecule has 1 aliphatic rings. The van der Waals surface area contributed by atoms with Gasteiger partial charge in [0.15, 0.2) is 5.65 Å². The molecular formula is C21H24N6O5. The molecule has 11 heteroatoms. The van der Waals surface area contributed by atoms with E-state index in [1.165, 1.54) is 11.6 Å². The Balaban J connectivity index is 1.47. The Labute approximate surface area is 182 Å². The van der Waals surface area contributed by atoms with Crippen LogP contribution in [0, 0.1) is 0 Å². The van der Waals surface area contributed by atoms with Gasteiger partial charge in [0.1, 0.15) is 17.1 Å². The second kappa shape index (κ2) is 8.69. The van der Waals surface area contributed by atoms with Crippen LogP contribution in [0.3, 0.4) is 0 Å². The number of nitrogens with one attached hydrogen (secondary N) is 3. The molecule has 3 aromatic rings. The summed E-state index contributed by atoms with van der Waals surface area (Å²) >= 11 is 0. The zero-order valence-electron chi connectivity index (χ0n) is 17.9. The van der Waals surface area contributed by atoms with Gasteiger partial charge < -0.3 is 19.9 Å². The molecule has 11 nitrogen and oxygen atoms in total. The number of carbonyl (C=O) groups is 2. The van der Waals surface area contributed by atoms with Crippen molar-refractivity contribution in [3.63, 3.8) is 0 Å². The molecule has 0 saturated carbocycles. The molecule has 1 saturated heterocycles. The zero-order valence-corrected chi connectivity index (χ0v) is 17.9. The molecule has 4 rings (SSSR count). The van der Waals surface area contributed by atoms with Crippen molar-refractivity contribution in [2.24, 2.45) is 7.05 Å². The van der Waals surface area contributed by atoms with Crippen molar-refractivity contribution < 1.29 is 14.3 Å². The van der Waals surface area contributed by atoms with Crippen molar-refractivity contribution in [1.29, 1.82) is 0 Å². The average Bonchev–Trinajstić information content (AvgIpc) is 3.22. The molecular weight excluding hydrogens is 416 g/mol. The quantitative estimate of drug-likeness (QED) is 0.523. The zero-order chi connectivity index (χ0) is 22.8. The predicted octanol–water partition coefficient (Wildman–Crippen LogP) is 1.05. The van der Waals surface area contributed by atoms with Gasteiger partial charge in [-0.3, -0.25) is 23.9 Å². The number of carbonyl (C=O) groups excluding carboxylic acids is 2. The number of H-pyrrole nitrogens is 2. The van der Waals surface area contributed by atoms with Crippen LogP contribution in [0.25, 0.3) is 11.2 Å². The van der Waals surface area contributed by atoms with Crippen molar-refractivity contribution in [1.82, 2.24) is 19.5 Å². The lowest BCUT2D eigenvalue weighted by atomic mass is 10.1. The lowest BCUT2D eigenvalue weighted by molar-refractivity contribution is -0.119. The minimum atomic E-state index is -0.555. The second-order valence-corrected chi connectivity index (χ2v) is 7.64. The first-order chi connectivity index (χ1) is 15.4. The number of benzene rings is 1. The number of piperidine rings is 1. The summed E-state index contributed by atoms with van der Waals surface area (Å²) < 4.78 is 6.63. The summed E-state index contributed by atoms with van der Waals surface area (Å²) in [7, 11) is 3.05. The number of anilines is 2. The molecule has 0 spiro atoms. The van der Waals surface area contributed by atoms with E-state index >= 15 is 0 Å². The summed E-state index contributed by atoms with van der Waals surface area (Å²) in [4.78, 5) is 59.5. The molecule has 1 fully saturated rings. The standard InChI is InChI=1S/C21H24N6O5/c1-26-19-18(20(30)25-21(26)31)23-15(24-19)8-9-16(28)22-12-6-7-14(32-2)13(11-12)27-10-4-3-5-17(27)29/h6-7,11H,3-5,8-10H2,1-2H3,(H,22,28)(H,23,24)(H,25,30,31). The van der Waals surface area contributed by atoms with Crippen LogP contribution in [0.2, 0.25) is 0 Å². The molecule has 0 atom stereocenters. The second-order valence-electron chi connectivity index (χ2n) is 7.64. The number of hydrogen-bond donors (Lipinski definition) is 3. The first-order valence-corrected chi connectivity index (χ1v) is 10.3. The van der Waals surface area contributed by atoms with Crippen LogP contribution in [0.15, 0.2) is 27.8 Å². The van der Waals surface area contributed by atoms with Gasteiger partial charge in [-0.1, -0.05) is 0 Å². The number of fused-ring (bicyclic) bond motifs is 1. The minimum Gasteiger partial charge on any atom is -0.495 e. The van der Waals surface area contributed by atoms with Gasteiger partial charge in [0.05, 0.1) is 12.8 Å². The van der Waals surface area contributed by atoms with E-state index in [0.29, 0.717) is 35.9 Å². The Morgan fingerprint density at radius 1 is 1.22 bits per heavy atom. The molecule has 3 heterocycles. The van der Waals surface area contributed by atoms with Gasteiger partial charge in [0.2, 0.25) is 11.8 Å². The molecule has 168 valence electrons. The fourth-order valence-corrected chi connectivity index (χ4v) is 3.77. The Morgan fingerprint density at radius 2 is 2.03 bits per heavy atom. The number of methoxy groups -OCH3 is 1. The molecule has 3 N–H and O–H groups in total. The van der Waals surface area contributed by atoms with Crippen molar-refractivity contribution in [2.75, 3.05) is 23.9 Å². The van der Waals surface area contributed by atoms with E-state index in [1.807, 2.05) is 0 Å². The van der Waals surface area contributed by atoms with Crippen LogP contribution in [-0.4, -0.2) is 45.0 Å². The monoisotopic (exact) mass is 440 g/mol. The maximum absolute atomic E-state index is 12.5. The summed E-state index contributed by atoms with van der Waals surface area (Å²) in [5, 5.41) is 2.83. The fourth-order valence-electron chi connectivity index (χ4n) is 3.77. The van der Waals surface area contributed by atoms with Gasteiger partial charge in [0, 0.05) is 38.5 Å². The Hall–Kier alpha value is -3.89. The number of aromatic amines is 2. The summed E-state index contributed by atoms with van der Waals surface area (Å²) in [5.41, 5.74) is 0.499. The van der Waals surface area contributed by atoms with Gasteiger partial charge in [-0.05, 0) is 31.0 Å². The highest BCUT2D eigenvalue weighted by Crippen LogP contribution is 2.33. The van der Waals surface area contributed by atoms with Gasteiger partial charge in [-0.25, -0.2) is 9.78 Å². The van der Waals surface area contributed by atoms with Crippen molar-refractivity contribution in [2.45, 2.75) is 32.1 Å². The van der Waals surface area contributed by atoms with E-state index in [0.717, 1.165) is 12.8 Å². The maximum atomic E-state index is 12.5. The summed E-state index contributed by atoms with van der Waals surface area (Å²) in [6.45, 7) is 0.611. The third kappa shape index (κ3) is 4.13. The lowest BCUT2D eigenvalue weighted by Crippen LogP contribution is -2.35. The maximum Gasteiger partial charge on any atom is 0.329 e. The largest absolute Gasteiger partial charge is 0.495 e. The first kappa shape index (κ1) is 21.3. The molecule has 0 bridgehead atoms. The highest BCUT2D eigenvalue weighted by molar-refractivity contribution is 5.97. The van der Waals surface area contributed by atoms with Crippen LogP contribution < -0.4 is 26.2 Å². The number of aryl methyl sites for hydroxylation is 2. The number of rotatable bonds is 6. The summed E-state index contributed by atoms with van der Waals surface area (Å²) in [5.74, 6) is 0.772. The van der Waals surface area contributed by atoms with Gasteiger partial charge in [0.25, 0.3) is 5.56 Å². The van der Waals surface area contributed by atoms with Gasteiger partial charge >= 0.3 is 5.69 Å². The normalized spacial score (nSPS) is 14.1. The fraction of sp³-hybridized carbons (Fsp3) is 0.381. The Bertz CT molecular complexity index is 1300. The number of amides is 2. The topological polar surface area (TPSA) is 142 Å². The van der Waals surface area contributed by atoms with Crippen molar-refractivity contribution >= 4 is 34.4 Å². The Kier molecular flexibility index (Phi) is 5.80. The molecule has 1 aliphatic heterocycles. The molecule has 0 unspecified atom stereocenters. The number of ether oxygens (including phenoxy) is 1. The molecule has 2 aromatic heterocycles. The van der Waals surface area contributed by atoms with Crippen LogP contribution in [0.4, 0.5) is 11.4 Å². The molecule has 2 amide bonds. The van der Waals surface area contributed by atoms with E-state index in [1.54, 1.807) is 30.2 Å². The van der Waals surface area contributed by atoms with E-state index in [4.69, 9.17) is 4.74 Å². The van der Waals surface area contributed by atoms with Crippen LogP contribution in [0.5, 0.6) is 5.75 Å². The molecule has 0 radical (unpaired) electrons. The van der Waals surface area contributed by atoms with Gasteiger partial charge in [-0.2, -0.15) is 0 Å². The molecule has 32 heavy (non-hydrogen) atoms. The van der Waals surface area contributed by atoms with Crippen LogP contribution >= 0.6 is 0 Å². The van der Waals surface area contributed by atoms with E-state index in [9.17, 15) is 19.2 Å². The van der Waals surface area contributed by atoms with Gasteiger partial charge in [-0.15, -0.1) is 0 Å². The SMILES string of the molecule is COc1ccc(NC(=O)CCc2nc3c([nH]2)c(=O)[nH]c(=O)n3C)cc1N1CCCCC1=O. The lowest BCUT2D eigenvalue weighted by Gasteiger charge is -2.28. The van der Waals surface area contributed by atoms with Crippen LogP contribution in [-0.2, 0) is 23.1 Å². The summed E-state index contributed by atoms with van der Waals surface area (Å²) in [6, 6.07) is 5.17. The van der Waals surface area contributed by atoms with E-state index in [-0.39, 0.29) is 35.8 Å². The smallest absolute Gasteiger partial charge is 0.329 e. The third-order valence-electron chi connectivity index (χ3n) is 5.47. The average molecular weight is 440 g/mol. The first-order valence-electron chi connectivity index (χ1n) is 10.3. The van der Waals surface area contributed by atoms with Crippen molar-refractivity contribution in [3.05, 3.63) is 44.9 Å². The number of hydrogen-bond acceptors (Lipinski definition) is 6. The third-order valence-corrected chi connectivity index (χ3v) is 5.47. The van der Waals surface area contributed by atoms with Crippen LogP contribution in [0.1, 0.15) is 31.5 Å². The number of nitrogens with zero attached hydrogens (tertiary/aromatic N) is 3. The molecule has 0 aliphatic carbocycles. The highest BCUT2D eigenvalue weighted by Gasteiger charge is 2.23. The number of imidazole rings is 1.